The molecule has 1 saturated heterocycles. The van der Waals surface area contributed by atoms with Crippen molar-refractivity contribution < 1.29 is 4.79 Å². The molecule has 1 amide bonds. The Balaban J connectivity index is 2.43. The summed E-state index contributed by atoms with van der Waals surface area (Å²) in [4.78, 5) is 17.6. The van der Waals surface area contributed by atoms with E-state index in [1.165, 1.54) is 0 Å². The predicted molar refractivity (Wildman–Crippen MR) is 63.6 cm³/mol. The largest absolute Gasteiger partial charge is 0.359 e. The van der Waals surface area contributed by atoms with Gasteiger partial charge < -0.3 is 10.2 Å². The third-order valence-electron chi connectivity index (χ3n) is 2.80. The van der Waals surface area contributed by atoms with Gasteiger partial charge in [0.25, 0.3) is 0 Å². The summed E-state index contributed by atoms with van der Waals surface area (Å²) in [6.45, 7) is 5.35. The van der Waals surface area contributed by atoms with Crippen LogP contribution in [0.2, 0.25) is 0 Å². The summed E-state index contributed by atoms with van der Waals surface area (Å²) >= 11 is 0. The van der Waals surface area contributed by atoms with E-state index in [-0.39, 0.29) is 5.91 Å². The third kappa shape index (κ3) is 2.21. The third-order valence-corrected chi connectivity index (χ3v) is 2.80. The van der Waals surface area contributed by atoms with Gasteiger partial charge in [-0.3, -0.25) is 9.78 Å². The number of aromatic nitrogens is 1. The lowest BCUT2D eigenvalue weighted by atomic mass is 10.1. The van der Waals surface area contributed by atoms with Crippen LogP contribution in [0.25, 0.3) is 0 Å². The molecule has 1 aromatic heterocycles. The van der Waals surface area contributed by atoms with Gasteiger partial charge in [0, 0.05) is 18.8 Å². The first kappa shape index (κ1) is 11.4. The topological polar surface area (TPSA) is 69.0 Å². The van der Waals surface area contributed by atoms with Crippen LogP contribution in [0.4, 0.5) is 5.69 Å². The van der Waals surface area contributed by atoms with E-state index in [0.29, 0.717) is 24.3 Å². The van der Waals surface area contributed by atoms with Gasteiger partial charge in [-0.15, -0.1) is 0 Å². The zero-order chi connectivity index (χ0) is 12.4. The van der Waals surface area contributed by atoms with E-state index in [1.807, 2.05) is 24.8 Å². The van der Waals surface area contributed by atoms with Crippen molar-refractivity contribution in [2.45, 2.75) is 13.8 Å². The number of anilines is 1. The van der Waals surface area contributed by atoms with Gasteiger partial charge in [-0.2, -0.15) is 5.26 Å². The minimum Gasteiger partial charge on any atom is -0.359 e. The molecule has 88 valence electrons. The molecule has 0 atom stereocenters. The Bertz CT molecular complexity index is 504. The Hall–Kier alpha value is -2.09. The van der Waals surface area contributed by atoms with Crippen LogP contribution in [0.5, 0.6) is 0 Å². The lowest BCUT2D eigenvalue weighted by molar-refractivity contribution is -0.120. The van der Waals surface area contributed by atoms with Crippen molar-refractivity contribution >= 4 is 11.6 Å². The average Bonchev–Trinajstić information content (AvgIpc) is 2.28. The summed E-state index contributed by atoms with van der Waals surface area (Å²) in [7, 11) is 0. The van der Waals surface area contributed by atoms with Gasteiger partial charge in [0.1, 0.15) is 6.07 Å². The zero-order valence-electron chi connectivity index (χ0n) is 9.95. The Labute approximate surface area is 100 Å². The first-order valence-corrected chi connectivity index (χ1v) is 5.52. The summed E-state index contributed by atoms with van der Waals surface area (Å²) in [5, 5.41) is 11.9. The molecule has 0 unspecified atom stereocenters. The van der Waals surface area contributed by atoms with Crippen LogP contribution in [0.15, 0.2) is 6.07 Å². The highest BCUT2D eigenvalue weighted by atomic mass is 16.2. The fraction of sp³-hybridized carbons (Fsp3) is 0.417. The van der Waals surface area contributed by atoms with Crippen molar-refractivity contribution in [2.24, 2.45) is 0 Å². The molecule has 0 saturated carbocycles. The summed E-state index contributed by atoms with van der Waals surface area (Å²) in [5.41, 5.74) is 2.95. The number of hydrogen-bond acceptors (Lipinski definition) is 4. The average molecular weight is 230 g/mol. The van der Waals surface area contributed by atoms with Crippen molar-refractivity contribution in [1.29, 1.82) is 5.26 Å². The van der Waals surface area contributed by atoms with E-state index in [1.54, 1.807) is 0 Å². The van der Waals surface area contributed by atoms with Gasteiger partial charge in [-0.25, -0.2) is 0 Å². The summed E-state index contributed by atoms with van der Waals surface area (Å²) in [6.07, 6.45) is 0. The molecular formula is C12H14N4O. The number of carbonyl (C=O) groups excluding carboxylic acids is 1. The number of nitrogens with one attached hydrogen (secondary N) is 1. The van der Waals surface area contributed by atoms with Gasteiger partial charge in [0.05, 0.1) is 23.5 Å². The lowest BCUT2D eigenvalue weighted by Crippen LogP contribution is -2.48. The predicted octanol–water partition coefficient (Wildman–Crippen LogP) is 0.506. The molecule has 0 spiro atoms. The fourth-order valence-corrected chi connectivity index (χ4v) is 2.04. The smallest absolute Gasteiger partial charge is 0.239 e. The highest BCUT2D eigenvalue weighted by Crippen LogP contribution is 2.23. The van der Waals surface area contributed by atoms with Crippen LogP contribution in [0, 0.1) is 25.2 Å². The van der Waals surface area contributed by atoms with Gasteiger partial charge in [0.15, 0.2) is 0 Å². The van der Waals surface area contributed by atoms with Gasteiger partial charge >= 0.3 is 0 Å². The summed E-state index contributed by atoms with van der Waals surface area (Å²) in [5.74, 6) is -0.00717. The first-order valence-electron chi connectivity index (χ1n) is 5.52. The molecule has 0 aromatic carbocycles. The fourth-order valence-electron chi connectivity index (χ4n) is 2.04. The molecule has 0 aliphatic carbocycles. The molecule has 5 heteroatoms. The van der Waals surface area contributed by atoms with E-state index < -0.39 is 0 Å². The second-order valence-corrected chi connectivity index (χ2v) is 4.13. The number of pyridine rings is 1. The number of carbonyl (C=O) groups is 1. The number of rotatable bonds is 1. The van der Waals surface area contributed by atoms with Crippen molar-refractivity contribution in [3.63, 3.8) is 0 Å². The Morgan fingerprint density at radius 2 is 2.29 bits per heavy atom. The summed E-state index contributed by atoms with van der Waals surface area (Å²) < 4.78 is 0. The Kier molecular flexibility index (Phi) is 2.96. The van der Waals surface area contributed by atoms with E-state index in [9.17, 15) is 4.79 Å². The Morgan fingerprint density at radius 3 is 2.94 bits per heavy atom. The Morgan fingerprint density at radius 1 is 1.53 bits per heavy atom. The maximum atomic E-state index is 11.4. The van der Waals surface area contributed by atoms with Crippen molar-refractivity contribution in [3.8, 4) is 6.07 Å². The monoisotopic (exact) mass is 230 g/mol. The van der Waals surface area contributed by atoms with Crippen molar-refractivity contribution in [3.05, 3.63) is 23.0 Å². The van der Waals surface area contributed by atoms with Crippen LogP contribution in [0.3, 0.4) is 0 Å². The highest BCUT2D eigenvalue weighted by molar-refractivity contribution is 5.83. The lowest BCUT2D eigenvalue weighted by Gasteiger charge is -2.29. The molecule has 17 heavy (non-hydrogen) atoms. The summed E-state index contributed by atoms with van der Waals surface area (Å²) in [6, 6.07) is 4.03. The first-order chi connectivity index (χ1) is 8.11. The molecular weight excluding hydrogens is 216 g/mol. The molecule has 1 aliphatic rings. The van der Waals surface area contributed by atoms with Crippen molar-refractivity contribution in [1.82, 2.24) is 10.3 Å². The van der Waals surface area contributed by atoms with E-state index in [0.717, 1.165) is 17.9 Å². The quantitative estimate of drug-likeness (QED) is 0.763. The van der Waals surface area contributed by atoms with Crippen LogP contribution in [-0.4, -0.2) is 30.5 Å². The van der Waals surface area contributed by atoms with E-state index in [4.69, 9.17) is 5.26 Å². The number of piperazine rings is 1. The van der Waals surface area contributed by atoms with Crippen molar-refractivity contribution in [2.75, 3.05) is 24.5 Å². The number of nitrogens with zero attached hydrogens (tertiary/aromatic N) is 3. The molecule has 0 bridgehead atoms. The normalized spacial score (nSPS) is 15.4. The standard InChI is InChI=1S/C12H14N4O/c1-8-5-11(10(6-13)9(2)15-8)16-4-3-14-12(17)7-16/h5H,3-4,7H2,1-2H3,(H,14,17). The maximum absolute atomic E-state index is 11.4. The molecule has 1 fully saturated rings. The minimum absolute atomic E-state index is 0.00717. The molecule has 2 rings (SSSR count). The van der Waals surface area contributed by atoms with Crippen LogP contribution in [-0.2, 0) is 4.79 Å². The number of hydrogen-bond donors (Lipinski definition) is 1. The van der Waals surface area contributed by atoms with Crippen LogP contribution < -0.4 is 10.2 Å². The minimum atomic E-state index is -0.00717. The number of aryl methyl sites for hydroxylation is 2. The number of nitriles is 1. The molecule has 1 N–H and O–H groups in total. The molecule has 2 heterocycles. The second-order valence-electron chi connectivity index (χ2n) is 4.13. The van der Waals surface area contributed by atoms with Gasteiger partial charge in [-0.1, -0.05) is 0 Å². The highest BCUT2D eigenvalue weighted by Gasteiger charge is 2.20. The van der Waals surface area contributed by atoms with E-state index in [2.05, 4.69) is 16.4 Å². The zero-order valence-corrected chi connectivity index (χ0v) is 9.95. The van der Waals surface area contributed by atoms with Gasteiger partial charge in [-0.05, 0) is 19.9 Å². The van der Waals surface area contributed by atoms with Crippen LogP contribution >= 0.6 is 0 Å². The van der Waals surface area contributed by atoms with E-state index >= 15 is 0 Å². The molecule has 1 aromatic rings. The maximum Gasteiger partial charge on any atom is 0.239 e. The SMILES string of the molecule is Cc1cc(N2CCNC(=O)C2)c(C#N)c(C)n1. The van der Waals surface area contributed by atoms with Gasteiger partial charge in [0.2, 0.25) is 5.91 Å². The molecule has 0 radical (unpaired) electrons. The molecule has 1 aliphatic heterocycles. The number of amides is 1. The second kappa shape index (κ2) is 4.42. The van der Waals surface area contributed by atoms with Crippen LogP contribution in [0.1, 0.15) is 17.0 Å². The molecule has 5 nitrogen and oxygen atoms in total.